The summed E-state index contributed by atoms with van der Waals surface area (Å²) >= 11 is 6.16. The Morgan fingerprint density at radius 1 is 1.33 bits per heavy atom. The van der Waals surface area contributed by atoms with Gasteiger partial charge in [-0.05, 0) is 44.4 Å². The standard InChI is InChI=1S/C19H20ClN5O2/c1-11-14(20)6-3-7-15(11)23-18(26)13-5-4-8-25(9-13)17-16-12(2)24-27-19(16)22-10-21-17/h3,6-7,10,13H,4-5,8-9H2,1-2H3,(H,23,26)/t13-/m1/s1. The molecule has 2 aromatic heterocycles. The number of rotatable bonds is 3. The maximum Gasteiger partial charge on any atom is 0.263 e. The van der Waals surface area contributed by atoms with E-state index in [-0.39, 0.29) is 11.8 Å². The molecule has 27 heavy (non-hydrogen) atoms. The lowest BCUT2D eigenvalue weighted by molar-refractivity contribution is -0.120. The van der Waals surface area contributed by atoms with Gasteiger partial charge in [0.25, 0.3) is 5.71 Å². The summed E-state index contributed by atoms with van der Waals surface area (Å²) in [5.41, 5.74) is 2.85. The normalized spacial score (nSPS) is 17.3. The zero-order valence-corrected chi connectivity index (χ0v) is 16.0. The molecule has 0 aliphatic carbocycles. The van der Waals surface area contributed by atoms with Gasteiger partial charge in [-0.15, -0.1) is 0 Å². The predicted molar refractivity (Wildman–Crippen MR) is 104 cm³/mol. The van der Waals surface area contributed by atoms with Crippen LogP contribution in [0.4, 0.5) is 11.5 Å². The van der Waals surface area contributed by atoms with Gasteiger partial charge >= 0.3 is 0 Å². The molecule has 140 valence electrons. The van der Waals surface area contributed by atoms with E-state index in [1.165, 1.54) is 6.33 Å². The average molecular weight is 386 g/mol. The zero-order valence-electron chi connectivity index (χ0n) is 15.2. The first-order valence-corrected chi connectivity index (χ1v) is 9.30. The molecule has 3 heterocycles. The highest BCUT2D eigenvalue weighted by Gasteiger charge is 2.29. The summed E-state index contributed by atoms with van der Waals surface area (Å²) in [5, 5.41) is 8.46. The maximum absolute atomic E-state index is 12.8. The van der Waals surface area contributed by atoms with E-state index in [0.717, 1.165) is 47.5 Å². The molecule has 0 spiro atoms. The number of hydrogen-bond acceptors (Lipinski definition) is 6. The van der Waals surface area contributed by atoms with Crippen molar-refractivity contribution in [2.75, 3.05) is 23.3 Å². The first-order chi connectivity index (χ1) is 13.0. The third kappa shape index (κ3) is 3.35. The number of nitrogens with one attached hydrogen (secondary N) is 1. The van der Waals surface area contributed by atoms with Crippen molar-refractivity contribution >= 4 is 40.1 Å². The van der Waals surface area contributed by atoms with Crippen molar-refractivity contribution in [1.29, 1.82) is 0 Å². The quantitative estimate of drug-likeness (QED) is 0.739. The van der Waals surface area contributed by atoms with Gasteiger partial charge in [0.1, 0.15) is 17.5 Å². The second kappa shape index (κ2) is 7.15. The van der Waals surface area contributed by atoms with Crippen molar-refractivity contribution in [2.45, 2.75) is 26.7 Å². The van der Waals surface area contributed by atoms with Crippen LogP contribution in [0, 0.1) is 19.8 Å². The molecule has 8 heteroatoms. The van der Waals surface area contributed by atoms with Crippen LogP contribution in [-0.2, 0) is 4.79 Å². The Hall–Kier alpha value is -2.67. The van der Waals surface area contributed by atoms with Gasteiger partial charge in [0.15, 0.2) is 0 Å². The summed E-state index contributed by atoms with van der Waals surface area (Å²) in [7, 11) is 0. The highest BCUT2D eigenvalue weighted by atomic mass is 35.5. The Kier molecular flexibility index (Phi) is 4.70. The average Bonchev–Trinajstić information content (AvgIpc) is 3.07. The summed E-state index contributed by atoms with van der Waals surface area (Å²) in [5.74, 6) is 0.634. The molecule has 3 aromatic rings. The highest BCUT2D eigenvalue weighted by molar-refractivity contribution is 6.31. The van der Waals surface area contributed by atoms with Crippen molar-refractivity contribution in [1.82, 2.24) is 15.1 Å². The Bertz CT molecular complexity index is 1000. The van der Waals surface area contributed by atoms with E-state index >= 15 is 0 Å². The van der Waals surface area contributed by atoms with Gasteiger partial charge in [-0.3, -0.25) is 4.79 Å². The summed E-state index contributed by atoms with van der Waals surface area (Å²) in [6.07, 6.45) is 3.21. The molecule has 7 nitrogen and oxygen atoms in total. The predicted octanol–water partition coefficient (Wildman–Crippen LogP) is 3.74. The van der Waals surface area contributed by atoms with Gasteiger partial charge in [0.2, 0.25) is 5.91 Å². The van der Waals surface area contributed by atoms with Crippen molar-refractivity contribution in [3.05, 3.63) is 40.8 Å². The minimum absolute atomic E-state index is 0.00240. The fourth-order valence-electron chi connectivity index (χ4n) is 3.50. The minimum atomic E-state index is -0.137. The van der Waals surface area contributed by atoms with Crippen LogP contribution in [-0.4, -0.2) is 34.1 Å². The fraction of sp³-hybridized carbons (Fsp3) is 0.368. The van der Waals surface area contributed by atoms with E-state index in [9.17, 15) is 4.79 Å². The monoisotopic (exact) mass is 385 g/mol. The number of piperidine rings is 1. The number of nitrogens with zero attached hydrogens (tertiary/aromatic N) is 4. The van der Waals surface area contributed by atoms with Crippen LogP contribution in [0.1, 0.15) is 24.1 Å². The van der Waals surface area contributed by atoms with Crippen LogP contribution in [0.2, 0.25) is 5.02 Å². The Morgan fingerprint density at radius 2 is 2.19 bits per heavy atom. The molecule has 0 unspecified atom stereocenters. The number of anilines is 2. The third-order valence-corrected chi connectivity index (χ3v) is 5.45. The molecular formula is C19H20ClN5O2. The number of carbonyl (C=O) groups is 1. The first kappa shape index (κ1) is 17.7. The number of amides is 1. The minimum Gasteiger partial charge on any atom is -0.355 e. The van der Waals surface area contributed by atoms with Gasteiger partial charge in [0.05, 0.1) is 11.6 Å². The van der Waals surface area contributed by atoms with Crippen molar-refractivity contribution in [2.24, 2.45) is 5.92 Å². The van der Waals surface area contributed by atoms with Gasteiger partial charge in [0, 0.05) is 23.8 Å². The van der Waals surface area contributed by atoms with Gasteiger partial charge in [-0.2, -0.15) is 4.98 Å². The number of aryl methyl sites for hydroxylation is 1. The number of fused-ring (bicyclic) bond motifs is 1. The third-order valence-electron chi connectivity index (χ3n) is 5.04. The van der Waals surface area contributed by atoms with E-state index in [1.54, 1.807) is 0 Å². The van der Waals surface area contributed by atoms with E-state index in [1.807, 2.05) is 32.0 Å². The van der Waals surface area contributed by atoms with E-state index in [2.05, 4.69) is 25.3 Å². The molecule has 1 saturated heterocycles. The van der Waals surface area contributed by atoms with Crippen LogP contribution < -0.4 is 10.2 Å². The molecule has 1 atom stereocenters. The lowest BCUT2D eigenvalue weighted by Gasteiger charge is -2.33. The number of carbonyl (C=O) groups excluding carboxylic acids is 1. The second-order valence-corrected chi connectivity index (χ2v) is 7.24. The molecule has 1 amide bonds. The molecule has 1 aliphatic rings. The largest absolute Gasteiger partial charge is 0.355 e. The van der Waals surface area contributed by atoms with Crippen LogP contribution in [0.3, 0.4) is 0 Å². The lowest BCUT2D eigenvalue weighted by Crippen LogP contribution is -2.41. The van der Waals surface area contributed by atoms with Crippen molar-refractivity contribution in [3.8, 4) is 0 Å². The molecule has 1 aliphatic heterocycles. The van der Waals surface area contributed by atoms with Gasteiger partial charge in [-0.25, -0.2) is 4.98 Å². The number of benzene rings is 1. The Labute approximate surface area is 161 Å². The molecule has 0 saturated carbocycles. The van der Waals surface area contributed by atoms with Gasteiger partial charge < -0.3 is 14.7 Å². The highest BCUT2D eigenvalue weighted by Crippen LogP contribution is 2.30. The Balaban J connectivity index is 1.55. The molecule has 1 N–H and O–H groups in total. The molecule has 1 aromatic carbocycles. The van der Waals surface area contributed by atoms with Crippen LogP contribution in [0.25, 0.3) is 11.1 Å². The molecule has 0 bridgehead atoms. The SMILES string of the molecule is Cc1c(Cl)cccc1NC(=O)[C@@H]1CCCN(c2ncnc3onc(C)c23)C1. The Morgan fingerprint density at radius 3 is 3.04 bits per heavy atom. The van der Waals surface area contributed by atoms with Crippen molar-refractivity contribution < 1.29 is 9.32 Å². The van der Waals surface area contributed by atoms with Crippen LogP contribution in [0.15, 0.2) is 29.0 Å². The number of halogens is 1. The van der Waals surface area contributed by atoms with Gasteiger partial charge in [-0.1, -0.05) is 22.8 Å². The van der Waals surface area contributed by atoms with Crippen LogP contribution >= 0.6 is 11.6 Å². The second-order valence-electron chi connectivity index (χ2n) is 6.83. The number of hydrogen-bond donors (Lipinski definition) is 1. The smallest absolute Gasteiger partial charge is 0.263 e. The maximum atomic E-state index is 12.8. The summed E-state index contributed by atoms with van der Waals surface area (Å²) < 4.78 is 5.24. The summed E-state index contributed by atoms with van der Waals surface area (Å²) in [4.78, 5) is 23.5. The molecular weight excluding hydrogens is 366 g/mol. The summed E-state index contributed by atoms with van der Waals surface area (Å²) in [6.45, 7) is 5.19. The zero-order chi connectivity index (χ0) is 19.0. The first-order valence-electron chi connectivity index (χ1n) is 8.92. The summed E-state index contributed by atoms with van der Waals surface area (Å²) in [6, 6.07) is 5.52. The number of aromatic nitrogens is 3. The lowest BCUT2D eigenvalue weighted by atomic mass is 9.96. The molecule has 1 fully saturated rings. The van der Waals surface area contributed by atoms with E-state index in [4.69, 9.17) is 16.1 Å². The molecule has 4 rings (SSSR count). The van der Waals surface area contributed by atoms with Crippen LogP contribution in [0.5, 0.6) is 0 Å². The van der Waals surface area contributed by atoms with E-state index < -0.39 is 0 Å². The van der Waals surface area contributed by atoms with E-state index in [0.29, 0.717) is 17.3 Å². The van der Waals surface area contributed by atoms with Crippen molar-refractivity contribution in [3.63, 3.8) is 0 Å². The molecule has 0 radical (unpaired) electrons. The topological polar surface area (TPSA) is 84.2 Å². The fourth-order valence-corrected chi connectivity index (χ4v) is 3.68.